The molecule has 0 saturated heterocycles. The second-order valence-electron chi connectivity index (χ2n) is 5.05. The van der Waals surface area contributed by atoms with Gasteiger partial charge in [-0.3, -0.25) is 9.78 Å². The number of amides is 1. The van der Waals surface area contributed by atoms with Crippen molar-refractivity contribution in [3.8, 4) is 0 Å². The summed E-state index contributed by atoms with van der Waals surface area (Å²) in [7, 11) is 2.11. The van der Waals surface area contributed by atoms with Crippen molar-refractivity contribution in [2.45, 2.75) is 13.0 Å². The zero-order valence-corrected chi connectivity index (χ0v) is 11.5. The van der Waals surface area contributed by atoms with E-state index in [4.69, 9.17) is 0 Å². The number of nitrogens with zero attached hydrogens (tertiary/aromatic N) is 2. The zero-order valence-electron chi connectivity index (χ0n) is 11.5. The van der Waals surface area contributed by atoms with Crippen LogP contribution in [0.25, 0.3) is 0 Å². The average Bonchev–Trinajstić information content (AvgIpc) is 2.87. The number of anilines is 1. The Kier molecular flexibility index (Phi) is 3.37. The monoisotopic (exact) mass is 267 g/mol. The van der Waals surface area contributed by atoms with Crippen LogP contribution in [0.1, 0.15) is 21.5 Å². The third-order valence-electron chi connectivity index (χ3n) is 3.67. The number of pyridine rings is 1. The Hall–Kier alpha value is -2.36. The molecule has 1 aromatic heterocycles. The molecule has 1 amide bonds. The van der Waals surface area contributed by atoms with Gasteiger partial charge >= 0.3 is 0 Å². The molecule has 1 aliphatic heterocycles. The van der Waals surface area contributed by atoms with Gasteiger partial charge < -0.3 is 10.2 Å². The highest BCUT2D eigenvalue weighted by molar-refractivity contribution is 5.93. The number of nitrogens with one attached hydrogen (secondary N) is 1. The number of hydrogen-bond donors (Lipinski definition) is 1. The van der Waals surface area contributed by atoms with Crippen molar-refractivity contribution in [2.75, 3.05) is 18.5 Å². The molecule has 1 aliphatic rings. The number of aromatic nitrogens is 1. The van der Waals surface area contributed by atoms with Gasteiger partial charge in [-0.05, 0) is 35.7 Å². The van der Waals surface area contributed by atoms with E-state index in [1.165, 1.54) is 11.3 Å². The van der Waals surface area contributed by atoms with E-state index < -0.39 is 0 Å². The number of likely N-dealkylation sites (N-methyl/N-ethyl adjacent to an activating group) is 1. The first-order chi connectivity index (χ1) is 9.74. The van der Waals surface area contributed by atoms with E-state index in [1.807, 2.05) is 0 Å². The van der Waals surface area contributed by atoms with Crippen molar-refractivity contribution >= 4 is 11.6 Å². The Morgan fingerprint density at radius 1 is 1.30 bits per heavy atom. The molecule has 1 N–H and O–H groups in total. The standard InChI is InChI=1S/C16H17N3O/c1-19-9-6-14-10-12(2-3-15(14)19)11-18-16(20)13-4-7-17-8-5-13/h2-5,7-8,10H,6,9,11H2,1H3,(H,18,20). The zero-order chi connectivity index (χ0) is 13.9. The first kappa shape index (κ1) is 12.7. The topological polar surface area (TPSA) is 45.2 Å². The summed E-state index contributed by atoms with van der Waals surface area (Å²) in [6.07, 6.45) is 4.33. The van der Waals surface area contributed by atoms with E-state index in [0.29, 0.717) is 12.1 Å². The van der Waals surface area contributed by atoms with Crippen LogP contribution < -0.4 is 10.2 Å². The number of fused-ring (bicyclic) bond motifs is 1. The summed E-state index contributed by atoms with van der Waals surface area (Å²) in [5.74, 6) is -0.0648. The van der Waals surface area contributed by atoms with Crippen LogP contribution in [0.5, 0.6) is 0 Å². The van der Waals surface area contributed by atoms with Crippen LogP contribution in [-0.2, 0) is 13.0 Å². The summed E-state index contributed by atoms with van der Waals surface area (Å²) < 4.78 is 0. The normalized spacial score (nSPS) is 13.2. The molecule has 4 nitrogen and oxygen atoms in total. The summed E-state index contributed by atoms with van der Waals surface area (Å²) in [4.78, 5) is 18.1. The maximum absolute atomic E-state index is 12.0. The van der Waals surface area contributed by atoms with Gasteiger partial charge in [0.2, 0.25) is 0 Å². The molecule has 0 radical (unpaired) electrons. The van der Waals surface area contributed by atoms with E-state index in [-0.39, 0.29) is 5.91 Å². The van der Waals surface area contributed by atoms with Gasteiger partial charge in [0.1, 0.15) is 0 Å². The smallest absolute Gasteiger partial charge is 0.251 e. The van der Waals surface area contributed by atoms with Crippen LogP contribution in [-0.4, -0.2) is 24.5 Å². The third kappa shape index (κ3) is 2.50. The van der Waals surface area contributed by atoms with Crippen molar-refractivity contribution in [1.29, 1.82) is 0 Å². The predicted molar refractivity (Wildman–Crippen MR) is 78.8 cm³/mol. The second-order valence-corrected chi connectivity index (χ2v) is 5.05. The first-order valence-corrected chi connectivity index (χ1v) is 6.75. The Morgan fingerprint density at radius 2 is 2.10 bits per heavy atom. The largest absolute Gasteiger partial charge is 0.374 e. The van der Waals surface area contributed by atoms with Gasteiger partial charge in [-0.25, -0.2) is 0 Å². The first-order valence-electron chi connectivity index (χ1n) is 6.75. The van der Waals surface area contributed by atoms with Crippen LogP contribution in [0.2, 0.25) is 0 Å². The molecular weight excluding hydrogens is 250 g/mol. The summed E-state index contributed by atoms with van der Waals surface area (Å²) in [6.45, 7) is 1.63. The van der Waals surface area contributed by atoms with E-state index in [0.717, 1.165) is 18.5 Å². The lowest BCUT2D eigenvalue weighted by atomic mass is 10.1. The Labute approximate surface area is 118 Å². The molecule has 2 heterocycles. The number of hydrogen-bond acceptors (Lipinski definition) is 3. The highest BCUT2D eigenvalue weighted by Gasteiger charge is 2.15. The SMILES string of the molecule is CN1CCc2cc(CNC(=O)c3ccncc3)ccc21. The Balaban J connectivity index is 1.66. The van der Waals surface area contributed by atoms with Crippen LogP contribution in [0.15, 0.2) is 42.7 Å². The van der Waals surface area contributed by atoms with Gasteiger partial charge in [0.15, 0.2) is 0 Å². The fraction of sp³-hybridized carbons (Fsp3) is 0.250. The van der Waals surface area contributed by atoms with E-state index in [2.05, 4.69) is 40.4 Å². The fourth-order valence-electron chi connectivity index (χ4n) is 2.52. The Bertz CT molecular complexity index is 625. The van der Waals surface area contributed by atoms with Crippen molar-refractivity contribution in [1.82, 2.24) is 10.3 Å². The molecule has 1 aromatic carbocycles. The summed E-state index contributed by atoms with van der Waals surface area (Å²) in [5, 5.41) is 2.94. The van der Waals surface area contributed by atoms with E-state index in [1.54, 1.807) is 24.5 Å². The molecule has 20 heavy (non-hydrogen) atoms. The minimum atomic E-state index is -0.0648. The molecule has 0 bridgehead atoms. The minimum absolute atomic E-state index is 0.0648. The molecular formula is C16H17N3O. The van der Waals surface area contributed by atoms with E-state index in [9.17, 15) is 4.79 Å². The maximum Gasteiger partial charge on any atom is 0.251 e. The average molecular weight is 267 g/mol. The molecule has 0 fully saturated rings. The van der Waals surface area contributed by atoms with Gasteiger partial charge in [0.25, 0.3) is 5.91 Å². The number of benzene rings is 1. The fourth-order valence-corrected chi connectivity index (χ4v) is 2.52. The lowest BCUT2D eigenvalue weighted by Crippen LogP contribution is -2.22. The highest BCUT2D eigenvalue weighted by Crippen LogP contribution is 2.27. The van der Waals surface area contributed by atoms with Crippen LogP contribution >= 0.6 is 0 Å². The summed E-state index contributed by atoms with van der Waals surface area (Å²) in [6, 6.07) is 9.83. The van der Waals surface area contributed by atoms with Crippen LogP contribution in [0, 0.1) is 0 Å². The van der Waals surface area contributed by atoms with Crippen molar-refractivity contribution in [3.05, 3.63) is 59.4 Å². The quantitative estimate of drug-likeness (QED) is 0.925. The molecule has 0 atom stereocenters. The Morgan fingerprint density at radius 3 is 2.90 bits per heavy atom. The minimum Gasteiger partial charge on any atom is -0.374 e. The van der Waals surface area contributed by atoms with Crippen molar-refractivity contribution < 1.29 is 4.79 Å². The van der Waals surface area contributed by atoms with Gasteiger partial charge in [-0.1, -0.05) is 12.1 Å². The lowest BCUT2D eigenvalue weighted by Gasteiger charge is -2.12. The number of rotatable bonds is 3. The maximum atomic E-state index is 12.0. The molecule has 0 unspecified atom stereocenters. The van der Waals surface area contributed by atoms with Gasteiger partial charge in [0.05, 0.1) is 0 Å². The molecule has 102 valence electrons. The summed E-state index contributed by atoms with van der Waals surface area (Å²) >= 11 is 0. The predicted octanol–water partition coefficient (Wildman–Crippen LogP) is 2.00. The van der Waals surface area contributed by atoms with Crippen LogP contribution in [0.3, 0.4) is 0 Å². The van der Waals surface area contributed by atoms with Crippen molar-refractivity contribution in [2.24, 2.45) is 0 Å². The molecule has 2 aromatic rings. The number of carbonyl (C=O) groups is 1. The highest BCUT2D eigenvalue weighted by atomic mass is 16.1. The molecule has 3 rings (SSSR count). The molecule has 4 heteroatoms. The summed E-state index contributed by atoms with van der Waals surface area (Å²) in [5.41, 5.74) is 4.44. The molecule has 0 spiro atoms. The van der Waals surface area contributed by atoms with Crippen molar-refractivity contribution in [3.63, 3.8) is 0 Å². The van der Waals surface area contributed by atoms with E-state index >= 15 is 0 Å². The van der Waals surface area contributed by atoms with Gasteiger partial charge in [0, 0.05) is 43.8 Å². The van der Waals surface area contributed by atoms with Gasteiger partial charge in [-0.2, -0.15) is 0 Å². The molecule has 0 aliphatic carbocycles. The third-order valence-corrected chi connectivity index (χ3v) is 3.67. The second kappa shape index (κ2) is 5.33. The number of carbonyl (C=O) groups excluding carboxylic acids is 1. The lowest BCUT2D eigenvalue weighted by molar-refractivity contribution is 0.0951. The van der Waals surface area contributed by atoms with Crippen LogP contribution in [0.4, 0.5) is 5.69 Å². The molecule has 0 saturated carbocycles. The van der Waals surface area contributed by atoms with Gasteiger partial charge in [-0.15, -0.1) is 0 Å².